The Hall–Kier alpha value is -0.690. The summed E-state index contributed by atoms with van der Waals surface area (Å²) in [6.07, 6.45) is 0.778. The van der Waals surface area contributed by atoms with Crippen molar-refractivity contribution in [3.8, 4) is 0 Å². The third-order valence-corrected chi connectivity index (χ3v) is 5.18. The number of hydrogen-bond acceptors (Lipinski definition) is 4. The fourth-order valence-electron chi connectivity index (χ4n) is 2.10. The zero-order valence-electron chi connectivity index (χ0n) is 13.8. The van der Waals surface area contributed by atoms with Crippen LogP contribution in [-0.4, -0.2) is 75.1 Å². The highest BCUT2D eigenvalue weighted by Crippen LogP contribution is 2.41. The van der Waals surface area contributed by atoms with E-state index in [1.807, 2.05) is 0 Å². The number of alkyl halides is 4. The summed E-state index contributed by atoms with van der Waals surface area (Å²) in [5.41, 5.74) is 5.56. The molecule has 1 fully saturated rings. The van der Waals surface area contributed by atoms with E-state index in [2.05, 4.69) is 4.72 Å². The number of carbonyl (C=O) groups is 1. The Bertz CT molecular complexity index is 547. The van der Waals surface area contributed by atoms with Crippen molar-refractivity contribution in [3.05, 3.63) is 0 Å². The Morgan fingerprint density at radius 2 is 1.68 bits per heavy atom. The smallest absolute Gasteiger partial charge is 0.329 e. The first-order chi connectivity index (χ1) is 10.8. The minimum Gasteiger partial charge on any atom is -0.329 e. The Balaban J connectivity index is 0.00000576. The highest BCUT2D eigenvalue weighted by Gasteiger charge is 2.64. The normalized spacial score (nSPS) is 20.4. The molecule has 0 bridgehead atoms. The van der Waals surface area contributed by atoms with Crippen LogP contribution in [-0.2, 0) is 15.0 Å². The molecular formula is C12H23ClF4N4O3S. The lowest BCUT2D eigenvalue weighted by molar-refractivity contribution is -0.172. The summed E-state index contributed by atoms with van der Waals surface area (Å²) >= 11 is 0. The maximum atomic E-state index is 13.1. The second-order valence-corrected chi connectivity index (χ2v) is 7.86. The van der Waals surface area contributed by atoms with Crippen LogP contribution >= 0.6 is 12.4 Å². The molecule has 1 aliphatic heterocycles. The van der Waals surface area contributed by atoms with E-state index < -0.39 is 47.1 Å². The van der Waals surface area contributed by atoms with Crippen molar-refractivity contribution in [1.29, 1.82) is 0 Å². The molecule has 3 N–H and O–H groups in total. The molecule has 7 nitrogen and oxygen atoms in total. The molecule has 0 aliphatic carbocycles. The van der Waals surface area contributed by atoms with E-state index in [1.165, 1.54) is 14.1 Å². The fourth-order valence-corrected chi connectivity index (χ4v) is 2.76. The monoisotopic (exact) mass is 414 g/mol. The summed E-state index contributed by atoms with van der Waals surface area (Å²) in [5.74, 6) is -9.47. The zero-order chi connectivity index (χ0) is 18.8. The summed E-state index contributed by atoms with van der Waals surface area (Å²) in [5, 5.41) is 0. The molecule has 1 aliphatic rings. The van der Waals surface area contributed by atoms with Crippen LogP contribution in [0.2, 0.25) is 0 Å². The fraction of sp³-hybridized carbons (Fsp3) is 0.917. The molecular weight excluding hydrogens is 392 g/mol. The third-order valence-electron chi connectivity index (χ3n) is 3.65. The number of rotatable bonds is 8. The molecule has 1 saturated heterocycles. The molecule has 0 aromatic heterocycles. The topological polar surface area (TPSA) is 95.7 Å². The van der Waals surface area contributed by atoms with Crippen LogP contribution in [0.15, 0.2) is 0 Å². The van der Waals surface area contributed by atoms with Gasteiger partial charge in [0.25, 0.3) is 10.2 Å². The highest BCUT2D eigenvalue weighted by atomic mass is 35.5. The summed E-state index contributed by atoms with van der Waals surface area (Å²) < 4.78 is 78.4. The summed E-state index contributed by atoms with van der Waals surface area (Å²) in [6.45, 7) is -2.59. The average Bonchev–Trinajstić information content (AvgIpc) is 2.65. The number of amides is 1. The van der Waals surface area contributed by atoms with Crippen LogP contribution in [0.5, 0.6) is 0 Å². The maximum Gasteiger partial charge on any atom is 0.329 e. The molecule has 0 radical (unpaired) electrons. The van der Waals surface area contributed by atoms with Crippen LogP contribution < -0.4 is 10.5 Å². The number of nitrogens with two attached hydrogens (primary N) is 1. The molecule has 150 valence electrons. The molecule has 0 aromatic carbocycles. The number of nitrogens with one attached hydrogen (secondary N) is 1. The Labute approximate surface area is 150 Å². The van der Waals surface area contributed by atoms with Crippen molar-refractivity contribution in [2.24, 2.45) is 5.73 Å². The number of nitrogens with zero attached hydrogens (tertiary/aromatic N) is 2. The van der Waals surface area contributed by atoms with Crippen LogP contribution in [0.1, 0.15) is 19.3 Å². The Morgan fingerprint density at radius 1 is 1.20 bits per heavy atom. The second-order valence-electron chi connectivity index (χ2n) is 5.89. The van der Waals surface area contributed by atoms with Crippen LogP contribution in [0.3, 0.4) is 0 Å². The number of unbranched alkanes of at least 4 members (excludes halogenated alkanes) is 1. The van der Waals surface area contributed by atoms with E-state index in [4.69, 9.17) is 5.73 Å². The predicted octanol–water partition coefficient (Wildman–Crippen LogP) is 0.415. The predicted molar refractivity (Wildman–Crippen MR) is 86.2 cm³/mol. The number of carbonyl (C=O) groups excluding carboxylic acids is 1. The zero-order valence-corrected chi connectivity index (χ0v) is 15.5. The third kappa shape index (κ3) is 6.20. The largest absolute Gasteiger partial charge is 0.329 e. The van der Waals surface area contributed by atoms with E-state index >= 15 is 0 Å². The number of halogens is 5. The standard InChI is InChI=1S/C12H22F4N4O3S.ClH/c1-19(2)24(22,23)18-6-4-3-5-9(17)10(21)20-7-11(13,14)12(15,16)8-20;/h9,18H,3-8,17H2,1-2H3;1H/t9-;/m0./s1. The van der Waals surface area contributed by atoms with Crippen molar-refractivity contribution in [2.75, 3.05) is 33.7 Å². The van der Waals surface area contributed by atoms with E-state index in [0.717, 1.165) is 4.31 Å². The molecule has 1 heterocycles. The molecule has 13 heteroatoms. The molecule has 1 amide bonds. The van der Waals surface area contributed by atoms with E-state index in [0.29, 0.717) is 17.7 Å². The van der Waals surface area contributed by atoms with Gasteiger partial charge in [0.2, 0.25) is 5.91 Å². The van der Waals surface area contributed by atoms with Gasteiger partial charge in [0, 0.05) is 20.6 Å². The van der Waals surface area contributed by atoms with Crippen molar-refractivity contribution in [3.63, 3.8) is 0 Å². The lowest BCUT2D eigenvalue weighted by atomic mass is 10.1. The van der Waals surface area contributed by atoms with Crippen molar-refractivity contribution >= 4 is 28.5 Å². The van der Waals surface area contributed by atoms with Crippen molar-refractivity contribution in [2.45, 2.75) is 37.1 Å². The number of likely N-dealkylation sites (tertiary alicyclic amines) is 1. The summed E-state index contributed by atoms with van der Waals surface area (Å²) in [7, 11) is -0.825. The first-order valence-electron chi connectivity index (χ1n) is 7.27. The van der Waals surface area contributed by atoms with Gasteiger partial charge in [-0.25, -0.2) is 4.72 Å². The van der Waals surface area contributed by atoms with E-state index in [9.17, 15) is 30.8 Å². The van der Waals surface area contributed by atoms with E-state index in [-0.39, 0.29) is 25.4 Å². The minimum absolute atomic E-state index is 0. The molecule has 0 saturated carbocycles. The van der Waals surface area contributed by atoms with Gasteiger partial charge < -0.3 is 10.6 Å². The Morgan fingerprint density at radius 3 is 2.12 bits per heavy atom. The first-order valence-corrected chi connectivity index (χ1v) is 8.71. The van der Waals surface area contributed by atoms with Gasteiger partial charge in [0.05, 0.1) is 19.1 Å². The highest BCUT2D eigenvalue weighted by molar-refractivity contribution is 7.87. The second kappa shape index (κ2) is 8.80. The van der Waals surface area contributed by atoms with Crippen molar-refractivity contribution in [1.82, 2.24) is 13.9 Å². The molecule has 1 atom stereocenters. The van der Waals surface area contributed by atoms with Crippen LogP contribution in [0, 0.1) is 0 Å². The van der Waals surface area contributed by atoms with E-state index in [1.54, 1.807) is 0 Å². The van der Waals surface area contributed by atoms with Gasteiger partial charge in [-0.1, -0.05) is 6.42 Å². The van der Waals surface area contributed by atoms with Gasteiger partial charge in [0.15, 0.2) is 0 Å². The summed E-state index contributed by atoms with van der Waals surface area (Å²) in [6, 6.07) is -1.18. The molecule has 0 unspecified atom stereocenters. The summed E-state index contributed by atoms with van der Waals surface area (Å²) in [4.78, 5) is 12.2. The van der Waals surface area contributed by atoms with Gasteiger partial charge in [-0.15, -0.1) is 12.4 Å². The maximum absolute atomic E-state index is 13.1. The minimum atomic E-state index is -4.26. The SMILES string of the molecule is CN(C)S(=O)(=O)NCCCC[C@H](N)C(=O)N1CC(F)(F)C(F)(F)C1.Cl. The molecule has 25 heavy (non-hydrogen) atoms. The lowest BCUT2D eigenvalue weighted by Gasteiger charge is -2.20. The van der Waals surface area contributed by atoms with Crippen molar-refractivity contribution < 1.29 is 30.8 Å². The quantitative estimate of drug-likeness (QED) is 0.444. The van der Waals surface area contributed by atoms with Gasteiger partial charge in [-0.3, -0.25) is 4.79 Å². The Kier molecular flexibility index (Phi) is 8.56. The van der Waals surface area contributed by atoms with Crippen LogP contribution in [0.25, 0.3) is 0 Å². The lowest BCUT2D eigenvalue weighted by Crippen LogP contribution is -2.43. The van der Waals surface area contributed by atoms with Crippen LogP contribution in [0.4, 0.5) is 17.6 Å². The van der Waals surface area contributed by atoms with Gasteiger partial charge in [-0.2, -0.15) is 30.3 Å². The van der Waals surface area contributed by atoms with Gasteiger partial charge in [-0.05, 0) is 12.8 Å². The van der Waals surface area contributed by atoms with Gasteiger partial charge >= 0.3 is 11.8 Å². The number of hydrogen-bond donors (Lipinski definition) is 2. The molecule has 0 aromatic rings. The first kappa shape index (κ1) is 24.3. The molecule has 1 rings (SSSR count). The average molecular weight is 415 g/mol. The van der Waals surface area contributed by atoms with Gasteiger partial charge in [0.1, 0.15) is 0 Å². The molecule has 0 spiro atoms.